The van der Waals surface area contributed by atoms with E-state index in [2.05, 4.69) is 6.58 Å². The summed E-state index contributed by atoms with van der Waals surface area (Å²) in [5, 5.41) is 0. The summed E-state index contributed by atoms with van der Waals surface area (Å²) in [4.78, 5) is 9.60. The van der Waals surface area contributed by atoms with Gasteiger partial charge in [0.2, 0.25) is 9.76 Å². The van der Waals surface area contributed by atoms with Crippen molar-refractivity contribution in [3.8, 4) is 0 Å². The molecular formula is C3H7OSi. The highest BCUT2D eigenvalue weighted by Crippen LogP contribution is 1.70. The van der Waals surface area contributed by atoms with E-state index in [0.717, 1.165) is 6.04 Å². The van der Waals surface area contributed by atoms with E-state index in [0.29, 0.717) is 0 Å². The zero-order valence-electron chi connectivity index (χ0n) is 3.11. The Hall–Kier alpha value is -0.0831. The summed E-state index contributed by atoms with van der Waals surface area (Å²) in [5.41, 5.74) is 0. The van der Waals surface area contributed by atoms with Crippen LogP contribution in [0.25, 0.3) is 0 Å². The van der Waals surface area contributed by atoms with Crippen LogP contribution in [0.2, 0.25) is 6.04 Å². The first kappa shape index (κ1) is 4.92. The quantitative estimate of drug-likeness (QED) is 0.336. The van der Waals surface area contributed by atoms with Crippen molar-refractivity contribution in [2.45, 2.75) is 6.04 Å². The molecule has 0 aromatic heterocycles. The number of allylic oxidation sites excluding steroid dienone is 1. The molecule has 0 rings (SSSR count). The Labute approximate surface area is 34.3 Å². The fourth-order valence-corrected chi connectivity index (χ4v) is 0.250. The summed E-state index contributed by atoms with van der Waals surface area (Å²) in [6.07, 6.45) is 1.68. The van der Waals surface area contributed by atoms with Gasteiger partial charge in [-0.15, -0.1) is 6.58 Å². The van der Waals surface area contributed by atoms with E-state index in [4.69, 9.17) is 0 Å². The lowest BCUT2D eigenvalue weighted by Crippen LogP contribution is -1.74. The molecule has 0 aliphatic carbocycles. The van der Waals surface area contributed by atoms with Crippen molar-refractivity contribution < 1.29 is 4.80 Å². The second kappa shape index (κ2) is 3.92. The van der Waals surface area contributed by atoms with Crippen LogP contribution in [0.5, 0.6) is 0 Å². The number of hydrogen-bond donors (Lipinski definition) is 0. The third-order valence-corrected chi connectivity index (χ3v) is 0.966. The van der Waals surface area contributed by atoms with Gasteiger partial charge in [-0.3, -0.25) is 0 Å². The molecule has 0 saturated carbocycles. The molecule has 0 N–H and O–H groups in total. The van der Waals surface area contributed by atoms with E-state index in [9.17, 15) is 4.80 Å². The van der Waals surface area contributed by atoms with E-state index < -0.39 is 9.76 Å². The number of hydrogen-bond acceptors (Lipinski definition) is 0. The second-order valence-electron chi connectivity index (χ2n) is 0.781. The monoisotopic (exact) mass is 87.0 g/mol. The molecule has 0 fully saturated rings. The van der Waals surface area contributed by atoms with Gasteiger partial charge in [0.05, 0.1) is 0 Å². The first-order valence-corrected chi connectivity index (χ1v) is 3.18. The van der Waals surface area contributed by atoms with Crippen molar-refractivity contribution in [3.05, 3.63) is 12.7 Å². The minimum atomic E-state index is -0.954. The maximum atomic E-state index is 9.60. The molecule has 0 spiro atoms. The summed E-state index contributed by atoms with van der Waals surface area (Å²) in [7, 11) is -0.954. The van der Waals surface area contributed by atoms with Crippen molar-refractivity contribution in [3.63, 3.8) is 0 Å². The van der Waals surface area contributed by atoms with Gasteiger partial charge in [-0.2, -0.15) is 0 Å². The standard InChI is InChI=1S/C3H7OSi/c1-2-3-5-4/h2H,1,3,5H2. The van der Waals surface area contributed by atoms with Gasteiger partial charge in [-0.25, -0.2) is 0 Å². The molecule has 2 heteroatoms. The lowest BCUT2D eigenvalue weighted by molar-refractivity contribution is 0.476. The Morgan fingerprint density at radius 1 is 2.00 bits per heavy atom. The predicted molar refractivity (Wildman–Crippen MR) is 24.2 cm³/mol. The van der Waals surface area contributed by atoms with E-state index in [1.165, 1.54) is 0 Å². The fourth-order valence-electron chi connectivity index (χ4n) is 0.0833. The summed E-state index contributed by atoms with van der Waals surface area (Å²) < 4.78 is 0. The molecule has 0 saturated heterocycles. The minimum absolute atomic E-state index is 0.736. The van der Waals surface area contributed by atoms with Crippen molar-refractivity contribution in [2.75, 3.05) is 0 Å². The average molecular weight is 87.2 g/mol. The second-order valence-corrected chi connectivity index (χ2v) is 1.77. The smallest absolute Gasteiger partial charge is 0.210 e. The topological polar surface area (TPSA) is 19.9 Å². The van der Waals surface area contributed by atoms with Gasteiger partial charge in [0.15, 0.2) is 0 Å². The highest BCUT2D eigenvalue weighted by molar-refractivity contribution is 6.25. The van der Waals surface area contributed by atoms with Crippen LogP contribution in [0, 0.1) is 0 Å². The molecule has 0 aliphatic rings. The molecule has 0 unspecified atom stereocenters. The minimum Gasteiger partial charge on any atom is -0.306 e. The van der Waals surface area contributed by atoms with Gasteiger partial charge in [-0.1, -0.05) is 6.08 Å². The van der Waals surface area contributed by atoms with Crippen LogP contribution >= 0.6 is 0 Å². The molecule has 1 nitrogen and oxygen atoms in total. The Morgan fingerprint density at radius 3 is 2.60 bits per heavy atom. The maximum Gasteiger partial charge on any atom is 0.210 e. The van der Waals surface area contributed by atoms with E-state index in [1.807, 2.05) is 0 Å². The maximum absolute atomic E-state index is 9.60. The van der Waals surface area contributed by atoms with Gasteiger partial charge < -0.3 is 4.80 Å². The molecule has 0 aromatic carbocycles. The molecule has 0 aromatic rings. The Morgan fingerprint density at radius 2 is 2.60 bits per heavy atom. The molecule has 0 atom stereocenters. The van der Waals surface area contributed by atoms with Crippen molar-refractivity contribution in [2.24, 2.45) is 0 Å². The molecule has 0 aliphatic heterocycles. The van der Waals surface area contributed by atoms with Crippen molar-refractivity contribution in [1.29, 1.82) is 0 Å². The summed E-state index contributed by atoms with van der Waals surface area (Å²) in [6, 6.07) is 0.736. The van der Waals surface area contributed by atoms with Gasteiger partial charge in [0.1, 0.15) is 0 Å². The first-order chi connectivity index (χ1) is 2.41. The van der Waals surface area contributed by atoms with Crippen LogP contribution in [0.4, 0.5) is 0 Å². The van der Waals surface area contributed by atoms with Crippen LogP contribution in [-0.2, 0) is 4.80 Å². The Kier molecular flexibility index (Phi) is 3.85. The van der Waals surface area contributed by atoms with E-state index in [1.54, 1.807) is 6.08 Å². The lowest BCUT2D eigenvalue weighted by atomic mass is 10.8. The van der Waals surface area contributed by atoms with Crippen molar-refractivity contribution >= 4 is 9.76 Å². The Balaban J connectivity index is 2.40. The summed E-state index contributed by atoms with van der Waals surface area (Å²) in [6.45, 7) is 3.39. The van der Waals surface area contributed by atoms with Crippen LogP contribution in [0.3, 0.4) is 0 Å². The highest BCUT2D eigenvalue weighted by Gasteiger charge is 1.68. The molecule has 1 radical (unpaired) electrons. The molecule has 5 heavy (non-hydrogen) atoms. The van der Waals surface area contributed by atoms with Gasteiger partial charge in [0, 0.05) is 0 Å². The van der Waals surface area contributed by atoms with Crippen LogP contribution in [-0.4, -0.2) is 9.76 Å². The van der Waals surface area contributed by atoms with Crippen LogP contribution < -0.4 is 0 Å². The first-order valence-electron chi connectivity index (χ1n) is 1.61. The van der Waals surface area contributed by atoms with Gasteiger partial charge in [-0.05, 0) is 6.04 Å². The SMILES string of the molecule is C=CC[SiH2][O]. The zero-order chi connectivity index (χ0) is 4.12. The van der Waals surface area contributed by atoms with Gasteiger partial charge in [0.25, 0.3) is 0 Å². The molecule has 0 heterocycles. The Bertz CT molecular complexity index is 28.1. The molecule has 0 amide bonds. The van der Waals surface area contributed by atoms with Gasteiger partial charge >= 0.3 is 0 Å². The molecule has 0 bridgehead atoms. The van der Waals surface area contributed by atoms with Crippen LogP contribution in [0.1, 0.15) is 0 Å². The number of rotatable bonds is 2. The predicted octanol–water partition coefficient (Wildman–Crippen LogP) is 0.105. The third kappa shape index (κ3) is 3.92. The lowest BCUT2D eigenvalue weighted by Gasteiger charge is -1.67. The molecular weight excluding hydrogens is 80.1 g/mol. The third-order valence-electron chi connectivity index (χ3n) is 0.322. The molecule has 29 valence electrons. The normalized spacial score (nSPS) is 9.80. The summed E-state index contributed by atoms with van der Waals surface area (Å²) in [5.74, 6) is 0. The largest absolute Gasteiger partial charge is 0.306 e. The van der Waals surface area contributed by atoms with Crippen LogP contribution in [0.15, 0.2) is 12.7 Å². The van der Waals surface area contributed by atoms with E-state index in [-0.39, 0.29) is 0 Å². The average Bonchev–Trinajstić information content (AvgIpc) is 1.41. The fraction of sp³-hybridized carbons (Fsp3) is 0.333. The van der Waals surface area contributed by atoms with E-state index >= 15 is 0 Å². The highest BCUT2D eigenvalue weighted by atomic mass is 28.2. The van der Waals surface area contributed by atoms with Crippen molar-refractivity contribution in [1.82, 2.24) is 0 Å². The zero-order valence-corrected chi connectivity index (χ0v) is 4.52. The summed E-state index contributed by atoms with van der Waals surface area (Å²) >= 11 is 0.